The summed E-state index contributed by atoms with van der Waals surface area (Å²) in [4.78, 5) is 7.79. The van der Waals surface area contributed by atoms with E-state index in [0.29, 0.717) is 6.54 Å². The number of hydrogen-bond donors (Lipinski definition) is 2. The molecule has 0 aliphatic rings. The van der Waals surface area contributed by atoms with Crippen molar-refractivity contribution in [1.29, 1.82) is 0 Å². The number of hydrogen-bond acceptors (Lipinski definition) is 4. The number of imidazole rings is 1. The summed E-state index contributed by atoms with van der Waals surface area (Å²) in [5.74, 6) is -1.39. The van der Waals surface area contributed by atoms with Crippen molar-refractivity contribution in [1.82, 2.24) is 14.5 Å². The SMILES string of the molecule is CNc1nc(NC(C)Cn2ccnc2)c(F)cc1F. The molecule has 5 nitrogen and oxygen atoms in total. The zero-order valence-electron chi connectivity index (χ0n) is 10.7. The second-order valence-electron chi connectivity index (χ2n) is 4.20. The van der Waals surface area contributed by atoms with Gasteiger partial charge < -0.3 is 15.2 Å². The van der Waals surface area contributed by atoms with E-state index in [1.54, 1.807) is 12.5 Å². The van der Waals surface area contributed by atoms with E-state index in [4.69, 9.17) is 0 Å². The maximum absolute atomic E-state index is 13.6. The van der Waals surface area contributed by atoms with Gasteiger partial charge in [0.05, 0.1) is 6.33 Å². The van der Waals surface area contributed by atoms with E-state index in [1.807, 2.05) is 17.7 Å². The van der Waals surface area contributed by atoms with Gasteiger partial charge in [0, 0.05) is 38.1 Å². The standard InChI is InChI=1S/C12H15F2N5/c1-8(6-19-4-3-16-7-19)17-12-10(14)5-9(13)11(15-2)18-12/h3-5,7-8H,6H2,1-2H3,(H2,15,17,18). The van der Waals surface area contributed by atoms with Crippen LogP contribution in [0.3, 0.4) is 0 Å². The summed E-state index contributed by atoms with van der Waals surface area (Å²) in [7, 11) is 1.53. The molecule has 0 bridgehead atoms. The lowest BCUT2D eigenvalue weighted by molar-refractivity contribution is 0.568. The normalized spacial score (nSPS) is 12.2. The van der Waals surface area contributed by atoms with Gasteiger partial charge in [0.15, 0.2) is 23.3 Å². The molecule has 0 aliphatic carbocycles. The van der Waals surface area contributed by atoms with Crippen LogP contribution < -0.4 is 10.6 Å². The monoisotopic (exact) mass is 267 g/mol. The van der Waals surface area contributed by atoms with Crippen molar-refractivity contribution in [3.8, 4) is 0 Å². The van der Waals surface area contributed by atoms with E-state index in [0.717, 1.165) is 6.07 Å². The van der Waals surface area contributed by atoms with Crippen molar-refractivity contribution in [3.05, 3.63) is 36.4 Å². The Kier molecular flexibility index (Phi) is 3.94. The summed E-state index contributed by atoms with van der Waals surface area (Å²) in [6.07, 6.45) is 5.15. The molecule has 2 aromatic rings. The molecular weight excluding hydrogens is 252 g/mol. The predicted molar refractivity (Wildman–Crippen MR) is 69.0 cm³/mol. The Bertz CT molecular complexity index is 541. The quantitative estimate of drug-likeness (QED) is 0.871. The molecule has 0 fully saturated rings. The molecule has 0 saturated heterocycles. The third kappa shape index (κ3) is 3.18. The molecule has 0 aromatic carbocycles. The van der Waals surface area contributed by atoms with E-state index in [-0.39, 0.29) is 17.7 Å². The molecule has 0 radical (unpaired) electrons. The first-order valence-corrected chi connectivity index (χ1v) is 5.86. The highest BCUT2D eigenvalue weighted by Gasteiger charge is 2.13. The fourth-order valence-electron chi connectivity index (χ4n) is 1.73. The van der Waals surface area contributed by atoms with Crippen LogP contribution >= 0.6 is 0 Å². The minimum absolute atomic E-state index is 0.0127. The zero-order valence-corrected chi connectivity index (χ0v) is 10.7. The summed E-state index contributed by atoms with van der Waals surface area (Å²) in [6, 6.07) is 0.733. The van der Waals surface area contributed by atoms with Crippen LogP contribution in [-0.2, 0) is 6.54 Å². The van der Waals surface area contributed by atoms with E-state index in [1.165, 1.54) is 7.05 Å². The topological polar surface area (TPSA) is 54.8 Å². The lowest BCUT2D eigenvalue weighted by Gasteiger charge is -2.16. The van der Waals surface area contributed by atoms with Crippen LogP contribution in [0.5, 0.6) is 0 Å². The van der Waals surface area contributed by atoms with Gasteiger partial charge in [0.1, 0.15) is 0 Å². The van der Waals surface area contributed by atoms with Crippen LogP contribution in [0.25, 0.3) is 0 Å². The van der Waals surface area contributed by atoms with Gasteiger partial charge in [-0.05, 0) is 6.92 Å². The number of rotatable bonds is 5. The summed E-state index contributed by atoms with van der Waals surface area (Å²) >= 11 is 0. The Morgan fingerprint density at radius 2 is 2.05 bits per heavy atom. The van der Waals surface area contributed by atoms with Crippen LogP contribution in [0.4, 0.5) is 20.4 Å². The van der Waals surface area contributed by atoms with Gasteiger partial charge in [-0.15, -0.1) is 0 Å². The maximum atomic E-state index is 13.6. The third-order valence-corrected chi connectivity index (χ3v) is 2.59. The van der Waals surface area contributed by atoms with E-state index >= 15 is 0 Å². The highest BCUT2D eigenvalue weighted by atomic mass is 19.1. The van der Waals surface area contributed by atoms with Gasteiger partial charge >= 0.3 is 0 Å². The Labute approximate surface area is 109 Å². The first kappa shape index (κ1) is 13.3. The number of nitrogens with one attached hydrogen (secondary N) is 2. The van der Waals surface area contributed by atoms with Crippen LogP contribution in [0.15, 0.2) is 24.8 Å². The molecule has 0 saturated carbocycles. The molecule has 19 heavy (non-hydrogen) atoms. The van der Waals surface area contributed by atoms with Crippen molar-refractivity contribution in [2.24, 2.45) is 0 Å². The summed E-state index contributed by atoms with van der Waals surface area (Å²) in [5, 5.41) is 5.48. The number of aromatic nitrogens is 3. The molecule has 2 aromatic heterocycles. The van der Waals surface area contributed by atoms with Crippen molar-refractivity contribution in [3.63, 3.8) is 0 Å². The highest BCUT2D eigenvalue weighted by Crippen LogP contribution is 2.19. The molecular formula is C12H15F2N5. The number of anilines is 2. The van der Waals surface area contributed by atoms with Gasteiger partial charge in [0.25, 0.3) is 0 Å². The average molecular weight is 267 g/mol. The van der Waals surface area contributed by atoms with Crippen LogP contribution in [0.1, 0.15) is 6.92 Å². The minimum Gasteiger partial charge on any atom is -0.371 e. The largest absolute Gasteiger partial charge is 0.371 e. The minimum atomic E-state index is -0.715. The van der Waals surface area contributed by atoms with Crippen molar-refractivity contribution < 1.29 is 8.78 Å². The summed E-state index contributed by atoms with van der Waals surface area (Å²) < 4.78 is 28.7. The van der Waals surface area contributed by atoms with Crippen LogP contribution in [-0.4, -0.2) is 27.6 Å². The van der Waals surface area contributed by atoms with Crippen LogP contribution in [0, 0.1) is 11.6 Å². The highest BCUT2D eigenvalue weighted by molar-refractivity contribution is 5.47. The second kappa shape index (κ2) is 5.64. The Balaban J connectivity index is 2.09. The smallest absolute Gasteiger partial charge is 0.168 e. The molecule has 0 amide bonds. The van der Waals surface area contributed by atoms with Gasteiger partial charge in [-0.2, -0.15) is 0 Å². The van der Waals surface area contributed by atoms with Crippen molar-refractivity contribution in [2.45, 2.75) is 19.5 Å². The fraction of sp³-hybridized carbons (Fsp3) is 0.333. The molecule has 2 heterocycles. The average Bonchev–Trinajstić information content (AvgIpc) is 2.85. The molecule has 1 unspecified atom stereocenters. The van der Waals surface area contributed by atoms with Gasteiger partial charge in [-0.3, -0.25) is 0 Å². The number of halogens is 2. The van der Waals surface area contributed by atoms with Gasteiger partial charge in [-0.1, -0.05) is 0 Å². The lowest BCUT2D eigenvalue weighted by Crippen LogP contribution is -2.23. The van der Waals surface area contributed by atoms with Crippen molar-refractivity contribution >= 4 is 11.6 Å². The van der Waals surface area contributed by atoms with E-state index < -0.39 is 11.6 Å². The van der Waals surface area contributed by atoms with Gasteiger partial charge in [0.2, 0.25) is 0 Å². The Morgan fingerprint density at radius 1 is 1.32 bits per heavy atom. The molecule has 1 atom stereocenters. The number of pyridine rings is 1. The van der Waals surface area contributed by atoms with Crippen molar-refractivity contribution in [2.75, 3.05) is 17.7 Å². The van der Waals surface area contributed by atoms with E-state index in [2.05, 4.69) is 20.6 Å². The second-order valence-corrected chi connectivity index (χ2v) is 4.20. The summed E-state index contributed by atoms with van der Waals surface area (Å²) in [5.41, 5.74) is 0. The summed E-state index contributed by atoms with van der Waals surface area (Å²) in [6.45, 7) is 2.48. The zero-order chi connectivity index (χ0) is 13.8. The molecule has 0 spiro atoms. The number of nitrogens with zero attached hydrogens (tertiary/aromatic N) is 3. The maximum Gasteiger partial charge on any atom is 0.168 e. The Morgan fingerprint density at radius 3 is 2.68 bits per heavy atom. The first-order valence-electron chi connectivity index (χ1n) is 5.86. The Hall–Kier alpha value is -2.18. The molecule has 2 N–H and O–H groups in total. The first-order chi connectivity index (χ1) is 9.10. The molecule has 7 heteroatoms. The van der Waals surface area contributed by atoms with Crippen LogP contribution in [0.2, 0.25) is 0 Å². The lowest BCUT2D eigenvalue weighted by atomic mass is 10.3. The molecule has 0 aliphatic heterocycles. The van der Waals surface area contributed by atoms with Gasteiger partial charge in [-0.25, -0.2) is 18.7 Å². The van der Waals surface area contributed by atoms with E-state index in [9.17, 15) is 8.78 Å². The molecule has 2 rings (SSSR count). The third-order valence-electron chi connectivity index (χ3n) is 2.59. The molecule has 102 valence electrons. The predicted octanol–water partition coefficient (Wildman–Crippen LogP) is 2.10. The fourth-order valence-corrected chi connectivity index (χ4v) is 1.73.